The van der Waals surface area contributed by atoms with Gasteiger partial charge in [-0.1, -0.05) is 0 Å². The first-order chi connectivity index (χ1) is 15.0. The van der Waals surface area contributed by atoms with E-state index in [1.807, 2.05) is 24.3 Å². The van der Waals surface area contributed by atoms with E-state index in [1.54, 1.807) is 18.3 Å². The molecule has 1 fully saturated rings. The van der Waals surface area contributed by atoms with E-state index in [2.05, 4.69) is 27.1 Å². The van der Waals surface area contributed by atoms with Gasteiger partial charge in [-0.3, -0.25) is 14.8 Å². The van der Waals surface area contributed by atoms with Crippen LogP contribution in [0.3, 0.4) is 0 Å². The van der Waals surface area contributed by atoms with Gasteiger partial charge in [-0.05, 0) is 43.3 Å². The summed E-state index contributed by atoms with van der Waals surface area (Å²) in [6.07, 6.45) is 1.54. The molecule has 8 nitrogen and oxygen atoms in total. The SMILES string of the molecule is COc1cc2c(C=Nc3ccc(N4CCNCC4C)cc3)c(O)[nH]c(=O)c2cc1OC. The van der Waals surface area contributed by atoms with Crippen molar-refractivity contribution in [2.24, 2.45) is 4.99 Å². The Hall–Kier alpha value is -3.52. The average Bonchev–Trinajstić information content (AvgIpc) is 2.79. The van der Waals surface area contributed by atoms with Gasteiger partial charge in [-0.25, -0.2) is 0 Å². The van der Waals surface area contributed by atoms with Crippen molar-refractivity contribution in [3.05, 3.63) is 52.3 Å². The number of nitrogens with zero attached hydrogens (tertiary/aromatic N) is 2. The van der Waals surface area contributed by atoms with Gasteiger partial charge in [0.2, 0.25) is 5.88 Å². The molecule has 3 N–H and O–H groups in total. The van der Waals surface area contributed by atoms with Crippen LogP contribution in [0, 0.1) is 0 Å². The normalized spacial score (nSPS) is 16.7. The van der Waals surface area contributed by atoms with Crippen molar-refractivity contribution in [2.45, 2.75) is 13.0 Å². The number of aromatic amines is 1. The smallest absolute Gasteiger partial charge is 0.258 e. The number of benzene rings is 2. The van der Waals surface area contributed by atoms with E-state index in [-0.39, 0.29) is 5.88 Å². The lowest BCUT2D eigenvalue weighted by Crippen LogP contribution is -2.49. The number of pyridine rings is 1. The molecule has 3 aromatic rings. The third-order valence-corrected chi connectivity index (χ3v) is 5.57. The molecule has 1 atom stereocenters. The van der Waals surface area contributed by atoms with Gasteiger partial charge in [0, 0.05) is 43.0 Å². The fourth-order valence-electron chi connectivity index (χ4n) is 3.88. The molecule has 0 saturated carbocycles. The van der Waals surface area contributed by atoms with Gasteiger partial charge in [0.25, 0.3) is 5.56 Å². The minimum absolute atomic E-state index is 0.250. The zero-order chi connectivity index (χ0) is 22.0. The van der Waals surface area contributed by atoms with Crippen molar-refractivity contribution in [1.82, 2.24) is 10.3 Å². The summed E-state index contributed by atoms with van der Waals surface area (Å²) in [5, 5.41) is 14.7. The largest absolute Gasteiger partial charge is 0.494 e. The highest BCUT2D eigenvalue weighted by Crippen LogP contribution is 2.33. The molecule has 0 bridgehead atoms. The Morgan fingerprint density at radius 1 is 1.13 bits per heavy atom. The van der Waals surface area contributed by atoms with Gasteiger partial charge in [0.1, 0.15) is 0 Å². The summed E-state index contributed by atoms with van der Waals surface area (Å²) < 4.78 is 10.6. The summed E-state index contributed by atoms with van der Waals surface area (Å²) in [4.78, 5) is 21.7. The molecular weight excluding hydrogens is 396 g/mol. The van der Waals surface area contributed by atoms with Crippen LogP contribution in [-0.2, 0) is 0 Å². The fraction of sp³-hybridized carbons (Fsp3) is 0.304. The average molecular weight is 422 g/mol. The highest BCUT2D eigenvalue weighted by Gasteiger charge is 2.18. The van der Waals surface area contributed by atoms with Crippen LogP contribution >= 0.6 is 0 Å². The Labute approximate surface area is 180 Å². The standard InChI is InChI=1S/C23H26N4O4/c1-14-12-24-8-9-27(14)16-6-4-15(5-7-16)25-13-19-17-10-20(30-2)21(31-3)11-18(17)22(28)26-23(19)29/h4-7,10-11,13-14,24H,8-9,12H2,1-3H3,(H2,26,28,29). The number of hydrogen-bond donors (Lipinski definition) is 3. The summed E-state index contributed by atoms with van der Waals surface area (Å²) in [7, 11) is 3.02. The first kappa shape index (κ1) is 20.7. The highest BCUT2D eigenvalue weighted by atomic mass is 16.5. The third-order valence-electron chi connectivity index (χ3n) is 5.57. The van der Waals surface area contributed by atoms with E-state index >= 15 is 0 Å². The third kappa shape index (κ3) is 4.06. The van der Waals surface area contributed by atoms with Gasteiger partial charge in [-0.15, -0.1) is 0 Å². The minimum atomic E-state index is -0.417. The molecule has 1 aliphatic heterocycles. The second kappa shape index (κ2) is 8.69. The molecule has 2 aromatic carbocycles. The molecule has 8 heteroatoms. The van der Waals surface area contributed by atoms with Crippen LogP contribution in [0.4, 0.5) is 11.4 Å². The van der Waals surface area contributed by atoms with Gasteiger partial charge in [-0.2, -0.15) is 0 Å². The molecule has 1 aromatic heterocycles. The molecule has 0 aliphatic carbocycles. The maximum atomic E-state index is 12.3. The lowest BCUT2D eigenvalue weighted by Gasteiger charge is -2.35. The number of methoxy groups -OCH3 is 2. The predicted octanol–water partition coefficient (Wildman–Crippen LogP) is 2.80. The van der Waals surface area contributed by atoms with Crippen molar-refractivity contribution in [3.8, 4) is 17.4 Å². The van der Waals surface area contributed by atoms with Gasteiger partial charge < -0.3 is 24.8 Å². The number of ether oxygens (including phenoxy) is 2. The summed E-state index contributed by atoms with van der Waals surface area (Å²) in [6.45, 7) is 5.10. The summed E-state index contributed by atoms with van der Waals surface area (Å²) in [5.74, 6) is 0.649. The van der Waals surface area contributed by atoms with Crippen molar-refractivity contribution in [1.29, 1.82) is 0 Å². The molecule has 2 heterocycles. The van der Waals surface area contributed by atoms with Crippen LogP contribution in [0.1, 0.15) is 12.5 Å². The van der Waals surface area contributed by atoms with E-state index in [4.69, 9.17) is 9.47 Å². The maximum Gasteiger partial charge on any atom is 0.258 e. The fourth-order valence-corrected chi connectivity index (χ4v) is 3.88. The van der Waals surface area contributed by atoms with Gasteiger partial charge in [0.05, 0.1) is 30.9 Å². The minimum Gasteiger partial charge on any atom is -0.494 e. The predicted molar refractivity (Wildman–Crippen MR) is 123 cm³/mol. The number of aliphatic imine (C=N–C) groups is 1. The van der Waals surface area contributed by atoms with E-state index in [0.717, 1.165) is 31.0 Å². The first-order valence-electron chi connectivity index (χ1n) is 10.1. The Kier molecular flexibility index (Phi) is 5.81. The number of hydrogen-bond acceptors (Lipinski definition) is 7. The lowest BCUT2D eigenvalue weighted by atomic mass is 10.1. The maximum absolute atomic E-state index is 12.3. The van der Waals surface area contributed by atoms with Crippen molar-refractivity contribution >= 4 is 28.4 Å². The van der Waals surface area contributed by atoms with Crippen molar-refractivity contribution < 1.29 is 14.6 Å². The number of nitrogens with one attached hydrogen (secondary N) is 2. The number of rotatable bonds is 5. The number of H-pyrrole nitrogens is 1. The molecule has 162 valence electrons. The molecule has 1 aliphatic rings. The van der Waals surface area contributed by atoms with E-state index in [0.29, 0.717) is 33.9 Å². The molecular formula is C23H26N4O4. The molecule has 0 amide bonds. The van der Waals surface area contributed by atoms with Gasteiger partial charge in [0.15, 0.2) is 11.5 Å². The topological polar surface area (TPSA) is 99.2 Å². The van der Waals surface area contributed by atoms with Crippen LogP contribution in [0.2, 0.25) is 0 Å². The molecule has 0 radical (unpaired) electrons. The Morgan fingerprint density at radius 2 is 1.81 bits per heavy atom. The molecule has 0 spiro atoms. The van der Waals surface area contributed by atoms with E-state index < -0.39 is 5.56 Å². The van der Waals surface area contributed by atoms with Crippen LogP contribution in [-0.4, -0.2) is 56.2 Å². The number of anilines is 1. The van der Waals surface area contributed by atoms with Crippen LogP contribution in [0.15, 0.2) is 46.2 Å². The Balaban J connectivity index is 1.68. The lowest BCUT2D eigenvalue weighted by molar-refractivity contribution is 0.356. The molecule has 31 heavy (non-hydrogen) atoms. The zero-order valence-electron chi connectivity index (χ0n) is 17.8. The van der Waals surface area contributed by atoms with Crippen LogP contribution in [0.25, 0.3) is 10.8 Å². The number of aromatic nitrogens is 1. The monoisotopic (exact) mass is 422 g/mol. The summed E-state index contributed by atoms with van der Waals surface area (Å²) in [6, 6.07) is 11.7. The second-order valence-corrected chi connectivity index (χ2v) is 7.49. The first-order valence-corrected chi connectivity index (χ1v) is 10.1. The number of piperazine rings is 1. The van der Waals surface area contributed by atoms with Crippen LogP contribution < -0.4 is 25.2 Å². The van der Waals surface area contributed by atoms with Crippen LogP contribution in [0.5, 0.6) is 17.4 Å². The Morgan fingerprint density at radius 3 is 2.45 bits per heavy atom. The quantitative estimate of drug-likeness (QED) is 0.547. The summed E-state index contributed by atoms with van der Waals surface area (Å²) in [5.41, 5.74) is 1.88. The van der Waals surface area contributed by atoms with E-state index in [1.165, 1.54) is 14.2 Å². The van der Waals surface area contributed by atoms with E-state index in [9.17, 15) is 9.90 Å². The van der Waals surface area contributed by atoms with Crippen molar-refractivity contribution in [2.75, 3.05) is 38.8 Å². The number of aromatic hydroxyl groups is 1. The second-order valence-electron chi connectivity index (χ2n) is 7.49. The zero-order valence-corrected chi connectivity index (χ0v) is 17.8. The molecule has 1 unspecified atom stereocenters. The molecule has 4 rings (SSSR count). The highest BCUT2D eigenvalue weighted by molar-refractivity contribution is 6.03. The van der Waals surface area contributed by atoms with Gasteiger partial charge >= 0.3 is 0 Å². The molecule has 1 saturated heterocycles. The summed E-state index contributed by atoms with van der Waals surface area (Å²) >= 11 is 0. The van der Waals surface area contributed by atoms with Crippen molar-refractivity contribution in [3.63, 3.8) is 0 Å². The number of fused-ring (bicyclic) bond motifs is 1. The Bertz CT molecular complexity index is 1170.